The number of halogens is 1. The van der Waals surface area contributed by atoms with Gasteiger partial charge in [-0.2, -0.15) is 0 Å². The third kappa shape index (κ3) is 4.44. The van der Waals surface area contributed by atoms with E-state index >= 15 is 0 Å². The van der Waals surface area contributed by atoms with Crippen LogP contribution in [0, 0.1) is 12.7 Å². The summed E-state index contributed by atoms with van der Waals surface area (Å²) in [6, 6.07) is 8.03. The van der Waals surface area contributed by atoms with Crippen LogP contribution in [0.5, 0.6) is 0 Å². The van der Waals surface area contributed by atoms with E-state index in [2.05, 4.69) is 15.2 Å². The molecule has 0 bridgehead atoms. The lowest BCUT2D eigenvalue weighted by molar-refractivity contribution is 0.0950. The Morgan fingerprint density at radius 1 is 1.24 bits per heavy atom. The fourth-order valence-electron chi connectivity index (χ4n) is 3.22. The first-order valence-corrected chi connectivity index (χ1v) is 10.2. The minimum atomic E-state index is -0.353. The van der Waals surface area contributed by atoms with Gasteiger partial charge in [0.2, 0.25) is 0 Å². The van der Waals surface area contributed by atoms with Crippen molar-refractivity contribution < 1.29 is 13.9 Å². The average molecular weight is 412 g/mol. The number of ether oxygens (including phenoxy) is 1. The summed E-state index contributed by atoms with van der Waals surface area (Å²) in [7, 11) is 0. The minimum Gasteiger partial charge on any atom is -0.378 e. The SMILES string of the molecule is Cc1cc(F)ccc1C(=O)NCc1nc(N2CCOCC2)sc1-c1ccncc1. The van der Waals surface area contributed by atoms with Crippen LogP contribution in [0.1, 0.15) is 21.6 Å². The predicted molar refractivity (Wildman–Crippen MR) is 111 cm³/mol. The molecule has 1 amide bonds. The zero-order valence-electron chi connectivity index (χ0n) is 16.0. The lowest BCUT2D eigenvalue weighted by atomic mass is 10.1. The molecule has 0 atom stereocenters. The number of carbonyl (C=O) groups is 1. The summed E-state index contributed by atoms with van der Waals surface area (Å²) < 4.78 is 18.8. The van der Waals surface area contributed by atoms with Gasteiger partial charge in [-0.3, -0.25) is 9.78 Å². The van der Waals surface area contributed by atoms with E-state index in [-0.39, 0.29) is 18.3 Å². The number of nitrogens with one attached hydrogen (secondary N) is 1. The van der Waals surface area contributed by atoms with E-state index < -0.39 is 0 Å². The first kappa shape index (κ1) is 19.5. The van der Waals surface area contributed by atoms with Crippen LogP contribution >= 0.6 is 11.3 Å². The molecule has 29 heavy (non-hydrogen) atoms. The van der Waals surface area contributed by atoms with Gasteiger partial charge in [0.25, 0.3) is 5.91 Å². The van der Waals surface area contributed by atoms with Crippen LogP contribution in [0.15, 0.2) is 42.7 Å². The molecule has 8 heteroatoms. The van der Waals surface area contributed by atoms with E-state index in [1.807, 2.05) is 12.1 Å². The second-order valence-electron chi connectivity index (χ2n) is 6.75. The van der Waals surface area contributed by atoms with Gasteiger partial charge in [0.1, 0.15) is 5.82 Å². The summed E-state index contributed by atoms with van der Waals surface area (Å²) in [5.74, 6) is -0.599. The number of aryl methyl sites for hydroxylation is 1. The molecule has 1 aliphatic rings. The highest BCUT2D eigenvalue weighted by atomic mass is 32.1. The molecule has 3 aromatic rings. The zero-order valence-corrected chi connectivity index (χ0v) is 16.8. The molecule has 0 unspecified atom stereocenters. The Balaban J connectivity index is 1.58. The zero-order chi connectivity index (χ0) is 20.2. The van der Waals surface area contributed by atoms with Gasteiger partial charge in [-0.25, -0.2) is 9.37 Å². The van der Waals surface area contributed by atoms with Crippen molar-refractivity contribution in [3.05, 3.63) is 65.4 Å². The van der Waals surface area contributed by atoms with E-state index in [0.29, 0.717) is 24.3 Å². The highest BCUT2D eigenvalue weighted by molar-refractivity contribution is 7.19. The number of benzene rings is 1. The van der Waals surface area contributed by atoms with Crippen molar-refractivity contribution in [1.82, 2.24) is 15.3 Å². The molecule has 1 saturated heterocycles. The second kappa shape index (κ2) is 8.67. The number of morpholine rings is 1. The molecular formula is C21H21FN4O2S. The number of amides is 1. The van der Waals surface area contributed by atoms with Crippen LogP contribution in [0.3, 0.4) is 0 Å². The van der Waals surface area contributed by atoms with Crippen molar-refractivity contribution in [3.63, 3.8) is 0 Å². The fraction of sp³-hybridized carbons (Fsp3) is 0.286. The Labute approximate surface area is 172 Å². The molecule has 6 nitrogen and oxygen atoms in total. The first-order chi connectivity index (χ1) is 14.1. The summed E-state index contributed by atoms with van der Waals surface area (Å²) in [6.07, 6.45) is 3.49. The number of aromatic nitrogens is 2. The highest BCUT2D eigenvalue weighted by Gasteiger charge is 2.20. The van der Waals surface area contributed by atoms with Gasteiger partial charge in [0.05, 0.1) is 30.3 Å². The Bertz CT molecular complexity index is 1000. The molecule has 1 fully saturated rings. The molecular weight excluding hydrogens is 391 g/mol. The molecule has 0 spiro atoms. The molecule has 2 aromatic heterocycles. The van der Waals surface area contributed by atoms with E-state index in [1.54, 1.807) is 30.7 Å². The van der Waals surface area contributed by atoms with Crippen molar-refractivity contribution in [1.29, 1.82) is 0 Å². The molecule has 0 aliphatic carbocycles. The number of thiazole rings is 1. The highest BCUT2D eigenvalue weighted by Crippen LogP contribution is 2.35. The molecule has 150 valence electrons. The normalized spacial score (nSPS) is 14.1. The molecule has 1 N–H and O–H groups in total. The third-order valence-electron chi connectivity index (χ3n) is 4.76. The Morgan fingerprint density at radius 3 is 2.72 bits per heavy atom. The van der Waals surface area contributed by atoms with Gasteiger partial charge in [-0.1, -0.05) is 11.3 Å². The first-order valence-electron chi connectivity index (χ1n) is 9.39. The Hall–Kier alpha value is -2.84. The Morgan fingerprint density at radius 2 is 2.00 bits per heavy atom. The largest absolute Gasteiger partial charge is 0.378 e. The molecule has 1 aromatic carbocycles. The number of hydrogen-bond donors (Lipinski definition) is 1. The van der Waals surface area contributed by atoms with Gasteiger partial charge in [-0.15, -0.1) is 0 Å². The maximum atomic E-state index is 13.3. The quantitative estimate of drug-likeness (QED) is 0.696. The van der Waals surface area contributed by atoms with Crippen molar-refractivity contribution in [2.24, 2.45) is 0 Å². The van der Waals surface area contributed by atoms with Crippen LogP contribution in [0.25, 0.3) is 10.4 Å². The van der Waals surface area contributed by atoms with Crippen molar-refractivity contribution in [3.8, 4) is 10.4 Å². The van der Waals surface area contributed by atoms with Gasteiger partial charge >= 0.3 is 0 Å². The smallest absolute Gasteiger partial charge is 0.251 e. The topological polar surface area (TPSA) is 67.4 Å². The second-order valence-corrected chi connectivity index (χ2v) is 7.73. The lowest BCUT2D eigenvalue weighted by Gasteiger charge is -2.26. The molecule has 0 saturated carbocycles. The van der Waals surface area contributed by atoms with Crippen LogP contribution in [-0.2, 0) is 11.3 Å². The lowest BCUT2D eigenvalue weighted by Crippen LogP contribution is -2.36. The average Bonchev–Trinajstić information content (AvgIpc) is 3.18. The van der Waals surface area contributed by atoms with Crippen molar-refractivity contribution >= 4 is 22.4 Å². The maximum Gasteiger partial charge on any atom is 0.251 e. The van der Waals surface area contributed by atoms with Crippen LogP contribution in [0.2, 0.25) is 0 Å². The molecule has 1 aliphatic heterocycles. The molecule has 4 rings (SSSR count). The van der Waals surface area contributed by atoms with Gasteiger partial charge < -0.3 is 15.0 Å². The van der Waals surface area contributed by atoms with E-state index in [9.17, 15) is 9.18 Å². The van der Waals surface area contributed by atoms with E-state index in [0.717, 1.165) is 34.4 Å². The number of anilines is 1. The van der Waals surface area contributed by atoms with Crippen LogP contribution < -0.4 is 10.2 Å². The van der Waals surface area contributed by atoms with Crippen molar-refractivity contribution in [2.45, 2.75) is 13.5 Å². The van der Waals surface area contributed by atoms with E-state index in [1.165, 1.54) is 18.2 Å². The Kier molecular flexibility index (Phi) is 5.82. The maximum absolute atomic E-state index is 13.3. The number of pyridine rings is 1. The minimum absolute atomic E-state index is 0.246. The summed E-state index contributed by atoms with van der Waals surface area (Å²) >= 11 is 1.60. The number of carbonyl (C=O) groups excluding carboxylic acids is 1. The third-order valence-corrected chi connectivity index (χ3v) is 5.97. The van der Waals surface area contributed by atoms with Gasteiger partial charge in [0.15, 0.2) is 5.13 Å². The van der Waals surface area contributed by atoms with Crippen LogP contribution in [-0.4, -0.2) is 42.2 Å². The molecule has 3 heterocycles. The number of nitrogens with zero attached hydrogens (tertiary/aromatic N) is 3. The number of hydrogen-bond acceptors (Lipinski definition) is 6. The monoisotopic (exact) mass is 412 g/mol. The number of rotatable bonds is 5. The fourth-order valence-corrected chi connectivity index (χ4v) is 4.36. The predicted octanol–water partition coefficient (Wildman–Crippen LogP) is 3.42. The van der Waals surface area contributed by atoms with Gasteiger partial charge in [-0.05, 0) is 48.4 Å². The van der Waals surface area contributed by atoms with Crippen molar-refractivity contribution in [2.75, 3.05) is 31.2 Å². The summed E-state index contributed by atoms with van der Waals surface area (Å²) in [5.41, 5.74) is 2.87. The summed E-state index contributed by atoms with van der Waals surface area (Å²) in [4.78, 5) is 24.7. The van der Waals surface area contributed by atoms with Gasteiger partial charge in [0, 0.05) is 31.0 Å². The summed E-state index contributed by atoms with van der Waals surface area (Å²) in [5, 5.41) is 3.84. The standard InChI is InChI=1S/C21H21FN4O2S/c1-14-12-16(22)2-3-17(14)20(27)24-13-18-19(15-4-6-23-7-5-15)29-21(25-18)26-8-10-28-11-9-26/h2-7,12H,8-11,13H2,1H3,(H,24,27). The molecule has 0 radical (unpaired) electrons. The van der Waals surface area contributed by atoms with E-state index in [4.69, 9.17) is 9.72 Å². The van der Waals surface area contributed by atoms with Crippen LogP contribution in [0.4, 0.5) is 9.52 Å². The summed E-state index contributed by atoms with van der Waals surface area (Å²) in [6.45, 7) is 4.96.